The van der Waals surface area contributed by atoms with Crippen molar-refractivity contribution in [2.75, 3.05) is 42.6 Å². The molecule has 2 aliphatic heterocycles. The Hall–Kier alpha value is -1.88. The van der Waals surface area contributed by atoms with Crippen molar-refractivity contribution in [3.8, 4) is 0 Å². The van der Waals surface area contributed by atoms with Crippen LogP contribution in [0.25, 0.3) is 0 Å². The summed E-state index contributed by atoms with van der Waals surface area (Å²) in [5, 5.41) is 1.62. The molecule has 0 bridgehead atoms. The van der Waals surface area contributed by atoms with Crippen LogP contribution in [-0.2, 0) is 14.3 Å². The molecule has 3 rings (SSSR count). The molecule has 0 aromatic heterocycles. The van der Waals surface area contributed by atoms with Crippen LogP contribution >= 0.6 is 0 Å². The van der Waals surface area contributed by atoms with E-state index < -0.39 is 0 Å². The minimum atomic E-state index is -0.371. The van der Waals surface area contributed by atoms with Crippen LogP contribution in [0.4, 0.5) is 16.2 Å². The first kappa shape index (κ1) is 19.4. The van der Waals surface area contributed by atoms with Gasteiger partial charge >= 0.3 is 6.09 Å². The molecule has 2 amide bonds. The SMILES string of the molecule is CC.O=C1COCCN1c1ccc(N2CC(CN=[CH][Al])OC2=O)cc1. The fourth-order valence-electron chi connectivity index (χ4n) is 2.61. The quantitative estimate of drug-likeness (QED) is 0.605. The Morgan fingerprint density at radius 1 is 1.20 bits per heavy atom. The standard InChI is InChI=1S/C15H16N3O4.C2H6.Al/c1-16-8-13-9-18(15(20)22-13)12-4-2-11(3-5-12)17-6-7-21-10-14(17)19;1-2;/h1-5,13H,6-10H2;1-2H3;. The number of anilines is 2. The molecular formula is C17H22AlN3O4. The summed E-state index contributed by atoms with van der Waals surface area (Å²) in [4.78, 5) is 31.1. The smallest absolute Gasteiger partial charge is 0.414 e. The normalized spacial score (nSPS) is 20.5. The number of benzene rings is 1. The first-order valence-corrected chi connectivity index (χ1v) is 9.02. The minimum absolute atomic E-state index is 0.0556. The molecule has 0 spiro atoms. The molecule has 2 heterocycles. The van der Waals surface area contributed by atoms with E-state index in [1.807, 2.05) is 38.1 Å². The number of ether oxygens (including phenoxy) is 2. The molecule has 0 N–H and O–H groups in total. The summed E-state index contributed by atoms with van der Waals surface area (Å²) in [6, 6.07) is 7.31. The maximum atomic E-state index is 12.0. The van der Waals surface area contributed by atoms with Crippen LogP contribution in [0, 0.1) is 0 Å². The fraction of sp³-hybridized carbons (Fsp3) is 0.471. The van der Waals surface area contributed by atoms with E-state index in [4.69, 9.17) is 9.47 Å². The van der Waals surface area contributed by atoms with Crippen LogP contribution < -0.4 is 9.80 Å². The Morgan fingerprint density at radius 3 is 2.44 bits per heavy atom. The Morgan fingerprint density at radius 2 is 1.84 bits per heavy atom. The Bertz CT molecular complexity index is 621. The minimum Gasteiger partial charge on any atom is -0.442 e. The largest absolute Gasteiger partial charge is 0.442 e. The monoisotopic (exact) mass is 359 g/mol. The number of hydrogen-bond acceptors (Lipinski definition) is 5. The van der Waals surface area contributed by atoms with E-state index >= 15 is 0 Å². The fourth-order valence-corrected chi connectivity index (χ4v) is 2.73. The number of morpholine rings is 1. The summed E-state index contributed by atoms with van der Waals surface area (Å²) in [6.45, 7) is 6.10. The lowest BCUT2D eigenvalue weighted by atomic mass is 10.2. The molecule has 2 aliphatic rings. The molecule has 1 aromatic carbocycles. The molecule has 2 radical (unpaired) electrons. The van der Waals surface area contributed by atoms with Gasteiger partial charge in [-0.15, -0.1) is 0 Å². The molecule has 7 nitrogen and oxygen atoms in total. The number of hydrogen-bond donors (Lipinski definition) is 0. The number of carbonyl (C=O) groups excluding carboxylic acids is 2. The zero-order valence-corrected chi connectivity index (χ0v) is 15.7. The molecular weight excluding hydrogens is 337 g/mol. The zero-order chi connectivity index (χ0) is 18.2. The van der Waals surface area contributed by atoms with Crippen molar-refractivity contribution in [2.45, 2.75) is 20.0 Å². The lowest BCUT2D eigenvalue weighted by Gasteiger charge is -2.27. The first-order chi connectivity index (χ1) is 12.2. The predicted octanol–water partition coefficient (Wildman–Crippen LogP) is 1.60. The van der Waals surface area contributed by atoms with Gasteiger partial charge in [0.1, 0.15) is 12.7 Å². The Balaban J connectivity index is 0.00000109. The van der Waals surface area contributed by atoms with Crippen molar-refractivity contribution in [3.05, 3.63) is 24.3 Å². The number of cyclic esters (lactones) is 1. The summed E-state index contributed by atoms with van der Waals surface area (Å²) >= 11 is 2.39. The third kappa shape index (κ3) is 4.82. The van der Waals surface area contributed by atoms with E-state index in [0.29, 0.717) is 26.2 Å². The summed E-state index contributed by atoms with van der Waals surface area (Å²) in [5.74, 6) is -0.0556. The predicted molar refractivity (Wildman–Crippen MR) is 97.7 cm³/mol. The average molecular weight is 359 g/mol. The number of carbonyl (C=O) groups is 2. The third-order valence-electron chi connectivity index (χ3n) is 3.75. The molecule has 132 valence electrons. The van der Waals surface area contributed by atoms with E-state index in [1.54, 1.807) is 14.9 Å². The molecule has 2 saturated heterocycles. The van der Waals surface area contributed by atoms with Gasteiger partial charge in [0.05, 0.1) is 19.7 Å². The van der Waals surface area contributed by atoms with Gasteiger partial charge in [0.15, 0.2) is 16.3 Å². The lowest BCUT2D eigenvalue weighted by molar-refractivity contribution is -0.125. The molecule has 0 saturated carbocycles. The highest BCUT2D eigenvalue weighted by molar-refractivity contribution is 6.49. The number of aliphatic imine (C=N–C) groups is 1. The number of amides is 2. The van der Waals surface area contributed by atoms with Gasteiger partial charge in [0.25, 0.3) is 5.91 Å². The van der Waals surface area contributed by atoms with E-state index in [2.05, 4.69) is 21.3 Å². The van der Waals surface area contributed by atoms with Crippen LogP contribution in [0.1, 0.15) is 13.8 Å². The van der Waals surface area contributed by atoms with Gasteiger partial charge in [-0.3, -0.25) is 9.69 Å². The van der Waals surface area contributed by atoms with Crippen LogP contribution in [0.3, 0.4) is 0 Å². The lowest BCUT2D eigenvalue weighted by Crippen LogP contribution is -2.41. The average Bonchev–Trinajstić information content (AvgIpc) is 3.03. The van der Waals surface area contributed by atoms with E-state index in [1.165, 1.54) is 0 Å². The van der Waals surface area contributed by atoms with Crippen LogP contribution in [-0.4, -0.2) is 72.3 Å². The molecule has 8 heteroatoms. The Labute approximate surface area is 156 Å². The summed E-state index contributed by atoms with van der Waals surface area (Å²) in [6.07, 6.45) is -0.607. The molecule has 25 heavy (non-hydrogen) atoms. The van der Waals surface area contributed by atoms with Crippen LogP contribution in [0.2, 0.25) is 0 Å². The van der Waals surface area contributed by atoms with Crippen molar-refractivity contribution >= 4 is 44.7 Å². The van der Waals surface area contributed by atoms with Gasteiger partial charge in [0.2, 0.25) is 0 Å². The highest BCUT2D eigenvalue weighted by atomic mass is 27.0. The summed E-state index contributed by atoms with van der Waals surface area (Å²) in [7, 11) is 0. The molecule has 1 atom stereocenters. The topological polar surface area (TPSA) is 71.4 Å². The molecule has 0 aliphatic carbocycles. The van der Waals surface area contributed by atoms with Crippen molar-refractivity contribution in [1.82, 2.24) is 0 Å². The van der Waals surface area contributed by atoms with Crippen molar-refractivity contribution < 1.29 is 19.1 Å². The highest BCUT2D eigenvalue weighted by Gasteiger charge is 2.32. The number of rotatable bonds is 4. The van der Waals surface area contributed by atoms with Crippen LogP contribution in [0.5, 0.6) is 0 Å². The second-order valence-electron chi connectivity index (χ2n) is 5.24. The maximum Gasteiger partial charge on any atom is 0.414 e. The van der Waals surface area contributed by atoms with Crippen molar-refractivity contribution in [2.24, 2.45) is 4.99 Å². The zero-order valence-electron chi connectivity index (χ0n) is 14.6. The molecule has 1 aromatic rings. The van der Waals surface area contributed by atoms with Crippen molar-refractivity contribution in [1.29, 1.82) is 0 Å². The first-order valence-electron chi connectivity index (χ1n) is 8.35. The van der Waals surface area contributed by atoms with Gasteiger partial charge in [-0.05, 0) is 24.3 Å². The van der Waals surface area contributed by atoms with Gasteiger partial charge < -0.3 is 19.4 Å². The van der Waals surface area contributed by atoms with Gasteiger partial charge in [-0.2, -0.15) is 0 Å². The van der Waals surface area contributed by atoms with E-state index in [0.717, 1.165) is 11.4 Å². The van der Waals surface area contributed by atoms with Crippen LogP contribution in [0.15, 0.2) is 29.3 Å². The van der Waals surface area contributed by atoms with E-state index in [9.17, 15) is 9.59 Å². The maximum absolute atomic E-state index is 12.0. The van der Waals surface area contributed by atoms with Gasteiger partial charge in [-0.25, -0.2) is 4.79 Å². The van der Waals surface area contributed by atoms with Gasteiger partial charge in [0, 0.05) is 17.9 Å². The highest BCUT2D eigenvalue weighted by Crippen LogP contribution is 2.25. The second-order valence-corrected chi connectivity index (χ2v) is 5.54. The molecule has 1 unspecified atom stereocenters. The third-order valence-corrected chi connectivity index (χ3v) is 3.96. The van der Waals surface area contributed by atoms with Gasteiger partial charge in [-0.1, -0.05) is 18.9 Å². The van der Waals surface area contributed by atoms with E-state index in [-0.39, 0.29) is 24.7 Å². The second kappa shape index (κ2) is 9.57. The Kier molecular flexibility index (Phi) is 7.44. The molecule has 2 fully saturated rings. The van der Waals surface area contributed by atoms with Crippen molar-refractivity contribution in [3.63, 3.8) is 0 Å². The number of nitrogens with zero attached hydrogens (tertiary/aromatic N) is 3. The summed E-state index contributed by atoms with van der Waals surface area (Å²) in [5.41, 5.74) is 1.55. The summed E-state index contributed by atoms with van der Waals surface area (Å²) < 4.78 is 10.4.